The molecule has 2 heterocycles. The van der Waals surface area contributed by atoms with Crippen LogP contribution in [0.2, 0.25) is 0 Å². The van der Waals surface area contributed by atoms with Gasteiger partial charge in [-0.15, -0.1) is 12.4 Å². The minimum Gasteiger partial charge on any atom is -0.381 e. The van der Waals surface area contributed by atoms with Crippen LogP contribution in [0.15, 0.2) is 0 Å². The van der Waals surface area contributed by atoms with Crippen LogP contribution in [0.5, 0.6) is 0 Å². The predicted octanol–water partition coefficient (Wildman–Crippen LogP) is 1.29. The molecule has 0 radical (unpaired) electrons. The Labute approximate surface area is 116 Å². The molecule has 106 valence electrons. The predicted molar refractivity (Wildman–Crippen MR) is 74.0 cm³/mol. The van der Waals surface area contributed by atoms with Crippen LogP contribution in [0, 0.1) is 11.8 Å². The van der Waals surface area contributed by atoms with Gasteiger partial charge in [0, 0.05) is 19.7 Å². The molecule has 2 unspecified atom stereocenters. The molecule has 2 aliphatic rings. The highest BCUT2D eigenvalue weighted by Crippen LogP contribution is 2.21. The normalized spacial score (nSPS) is 28.6. The molecular weight excluding hydrogens is 252 g/mol. The zero-order chi connectivity index (χ0) is 12.1. The fourth-order valence-corrected chi connectivity index (χ4v) is 2.91. The smallest absolute Gasteiger partial charge is 0.228 e. The standard InChI is InChI=1S/C13H24N2O2.ClH/c1-14-8-11-4-2-6-15(9-11)13(16)12-5-3-7-17-10-12;/h11-12,14H,2-10H2,1H3;1H. The zero-order valence-electron chi connectivity index (χ0n) is 11.2. The summed E-state index contributed by atoms with van der Waals surface area (Å²) in [5, 5.41) is 3.21. The Hall–Kier alpha value is -0.320. The summed E-state index contributed by atoms with van der Waals surface area (Å²) in [6.07, 6.45) is 4.42. The van der Waals surface area contributed by atoms with Gasteiger partial charge in [-0.25, -0.2) is 0 Å². The van der Waals surface area contributed by atoms with Crippen molar-refractivity contribution in [3.8, 4) is 0 Å². The Morgan fingerprint density at radius 3 is 2.89 bits per heavy atom. The highest BCUT2D eigenvalue weighted by atomic mass is 35.5. The molecule has 2 saturated heterocycles. The van der Waals surface area contributed by atoms with Crippen molar-refractivity contribution in [2.75, 3.05) is 39.9 Å². The second-order valence-corrected chi connectivity index (χ2v) is 5.26. The second kappa shape index (κ2) is 7.97. The fourth-order valence-electron chi connectivity index (χ4n) is 2.91. The van der Waals surface area contributed by atoms with Crippen molar-refractivity contribution >= 4 is 18.3 Å². The van der Waals surface area contributed by atoms with Gasteiger partial charge in [-0.1, -0.05) is 0 Å². The molecule has 5 heteroatoms. The molecule has 2 fully saturated rings. The summed E-state index contributed by atoms with van der Waals surface area (Å²) < 4.78 is 5.41. The van der Waals surface area contributed by atoms with Gasteiger partial charge < -0.3 is 15.0 Å². The van der Waals surface area contributed by atoms with Crippen LogP contribution >= 0.6 is 12.4 Å². The Morgan fingerprint density at radius 2 is 2.22 bits per heavy atom. The molecule has 2 aliphatic heterocycles. The highest BCUT2D eigenvalue weighted by molar-refractivity contribution is 5.85. The van der Waals surface area contributed by atoms with E-state index in [0.717, 1.165) is 45.5 Å². The van der Waals surface area contributed by atoms with Crippen LogP contribution < -0.4 is 5.32 Å². The number of likely N-dealkylation sites (tertiary alicyclic amines) is 1. The van der Waals surface area contributed by atoms with Gasteiger partial charge in [-0.05, 0) is 45.2 Å². The van der Waals surface area contributed by atoms with Gasteiger partial charge in [-0.2, -0.15) is 0 Å². The summed E-state index contributed by atoms with van der Waals surface area (Å²) >= 11 is 0. The fraction of sp³-hybridized carbons (Fsp3) is 0.923. The van der Waals surface area contributed by atoms with Crippen LogP contribution in [0.1, 0.15) is 25.7 Å². The first-order valence-corrected chi connectivity index (χ1v) is 6.82. The van der Waals surface area contributed by atoms with Gasteiger partial charge in [0.1, 0.15) is 0 Å². The van der Waals surface area contributed by atoms with E-state index in [1.54, 1.807) is 0 Å². The van der Waals surface area contributed by atoms with Crippen molar-refractivity contribution < 1.29 is 9.53 Å². The number of nitrogens with one attached hydrogen (secondary N) is 1. The third kappa shape index (κ3) is 4.11. The lowest BCUT2D eigenvalue weighted by Crippen LogP contribution is -2.46. The maximum Gasteiger partial charge on any atom is 0.228 e. The third-order valence-electron chi connectivity index (χ3n) is 3.83. The van der Waals surface area contributed by atoms with E-state index in [2.05, 4.69) is 10.2 Å². The molecule has 0 aromatic heterocycles. The van der Waals surface area contributed by atoms with Crippen molar-refractivity contribution in [2.24, 2.45) is 11.8 Å². The van der Waals surface area contributed by atoms with Crippen LogP contribution in [-0.2, 0) is 9.53 Å². The Kier molecular flexibility index (Phi) is 6.97. The van der Waals surface area contributed by atoms with E-state index in [9.17, 15) is 4.79 Å². The number of nitrogens with zero attached hydrogens (tertiary/aromatic N) is 1. The number of carbonyl (C=O) groups excluding carboxylic acids is 1. The second-order valence-electron chi connectivity index (χ2n) is 5.26. The first kappa shape index (κ1) is 15.7. The topological polar surface area (TPSA) is 41.6 Å². The number of amides is 1. The largest absolute Gasteiger partial charge is 0.381 e. The molecule has 0 aliphatic carbocycles. The van der Waals surface area contributed by atoms with Crippen molar-refractivity contribution in [2.45, 2.75) is 25.7 Å². The van der Waals surface area contributed by atoms with Gasteiger partial charge >= 0.3 is 0 Å². The molecule has 0 spiro atoms. The van der Waals surface area contributed by atoms with Crippen LogP contribution in [0.25, 0.3) is 0 Å². The summed E-state index contributed by atoms with van der Waals surface area (Å²) in [6.45, 7) is 4.34. The maximum absolute atomic E-state index is 12.3. The van der Waals surface area contributed by atoms with Crippen molar-refractivity contribution in [1.82, 2.24) is 10.2 Å². The zero-order valence-corrected chi connectivity index (χ0v) is 12.0. The maximum atomic E-state index is 12.3. The number of rotatable bonds is 3. The Balaban J connectivity index is 0.00000162. The van der Waals surface area contributed by atoms with Gasteiger partial charge in [0.2, 0.25) is 5.91 Å². The van der Waals surface area contributed by atoms with E-state index in [1.807, 2.05) is 7.05 Å². The number of halogens is 1. The lowest BCUT2D eigenvalue weighted by Gasteiger charge is -2.35. The van der Waals surface area contributed by atoms with E-state index < -0.39 is 0 Å². The minimum atomic E-state index is 0. The van der Waals surface area contributed by atoms with E-state index in [-0.39, 0.29) is 18.3 Å². The van der Waals surface area contributed by atoms with Crippen molar-refractivity contribution in [1.29, 1.82) is 0 Å². The average Bonchev–Trinajstić information content (AvgIpc) is 2.40. The van der Waals surface area contributed by atoms with Crippen LogP contribution in [0.3, 0.4) is 0 Å². The van der Waals surface area contributed by atoms with Gasteiger partial charge in [0.15, 0.2) is 0 Å². The SMILES string of the molecule is CNCC1CCCN(C(=O)C2CCCOC2)C1.Cl. The molecule has 2 atom stereocenters. The highest BCUT2D eigenvalue weighted by Gasteiger charge is 2.29. The number of ether oxygens (including phenoxy) is 1. The number of piperidine rings is 1. The van der Waals surface area contributed by atoms with E-state index >= 15 is 0 Å². The minimum absolute atomic E-state index is 0. The molecule has 1 N–H and O–H groups in total. The summed E-state index contributed by atoms with van der Waals surface area (Å²) in [5.41, 5.74) is 0. The van der Waals surface area contributed by atoms with Crippen molar-refractivity contribution in [3.63, 3.8) is 0 Å². The molecule has 1 amide bonds. The number of hydrogen-bond acceptors (Lipinski definition) is 3. The third-order valence-corrected chi connectivity index (χ3v) is 3.83. The molecule has 2 rings (SSSR count). The van der Waals surface area contributed by atoms with E-state index in [4.69, 9.17) is 4.74 Å². The van der Waals surface area contributed by atoms with Gasteiger partial charge in [0.25, 0.3) is 0 Å². The first-order chi connectivity index (χ1) is 8.31. The summed E-state index contributed by atoms with van der Waals surface area (Å²) in [4.78, 5) is 14.4. The molecular formula is C13H25ClN2O2. The monoisotopic (exact) mass is 276 g/mol. The van der Waals surface area contributed by atoms with Crippen molar-refractivity contribution in [3.05, 3.63) is 0 Å². The summed E-state index contributed by atoms with van der Waals surface area (Å²) in [7, 11) is 1.98. The van der Waals surface area contributed by atoms with Gasteiger partial charge in [0.05, 0.1) is 12.5 Å². The lowest BCUT2D eigenvalue weighted by molar-refractivity contribution is -0.141. The summed E-state index contributed by atoms with van der Waals surface area (Å²) in [5.74, 6) is 1.07. The Bertz CT molecular complexity index is 255. The first-order valence-electron chi connectivity index (χ1n) is 6.82. The number of carbonyl (C=O) groups is 1. The molecule has 4 nitrogen and oxygen atoms in total. The summed E-state index contributed by atoms with van der Waals surface area (Å²) in [6, 6.07) is 0. The van der Waals surface area contributed by atoms with Crippen LogP contribution in [-0.4, -0.2) is 50.7 Å². The van der Waals surface area contributed by atoms with E-state index in [0.29, 0.717) is 18.4 Å². The van der Waals surface area contributed by atoms with E-state index in [1.165, 1.54) is 6.42 Å². The molecule has 0 aromatic carbocycles. The molecule has 0 saturated carbocycles. The van der Waals surface area contributed by atoms with Gasteiger partial charge in [-0.3, -0.25) is 4.79 Å². The molecule has 0 bridgehead atoms. The average molecular weight is 277 g/mol. The van der Waals surface area contributed by atoms with Crippen LogP contribution in [0.4, 0.5) is 0 Å². The Morgan fingerprint density at radius 1 is 1.39 bits per heavy atom. The lowest BCUT2D eigenvalue weighted by atomic mass is 9.95. The molecule has 18 heavy (non-hydrogen) atoms. The number of hydrogen-bond donors (Lipinski definition) is 1. The quantitative estimate of drug-likeness (QED) is 0.845. The molecule has 0 aromatic rings.